The van der Waals surface area contributed by atoms with Gasteiger partial charge in [0.25, 0.3) is 0 Å². The predicted octanol–water partition coefficient (Wildman–Crippen LogP) is 2.15. The van der Waals surface area contributed by atoms with Crippen molar-refractivity contribution in [3.8, 4) is 0 Å². The first-order chi connectivity index (χ1) is 7.75. The fourth-order valence-corrected chi connectivity index (χ4v) is 1.53. The zero-order valence-electron chi connectivity index (χ0n) is 8.80. The van der Waals surface area contributed by atoms with Gasteiger partial charge in [0.05, 0.1) is 0 Å². The molecule has 82 valence electrons. The predicted molar refractivity (Wildman–Crippen MR) is 63.5 cm³/mol. The quantitative estimate of drug-likeness (QED) is 0.607. The third kappa shape index (κ3) is 2.51. The molecule has 1 aromatic carbocycles. The van der Waals surface area contributed by atoms with E-state index in [0.717, 1.165) is 17.7 Å². The average Bonchev–Trinajstić information content (AvgIpc) is 2.28. The Balaban J connectivity index is 2.07. The highest BCUT2D eigenvalue weighted by molar-refractivity contribution is 5.83. The lowest BCUT2D eigenvalue weighted by Crippen LogP contribution is -2.17. The van der Waals surface area contributed by atoms with Crippen LogP contribution in [0, 0.1) is 0 Å². The molecule has 0 aromatic heterocycles. The summed E-state index contributed by atoms with van der Waals surface area (Å²) in [6, 6.07) is 7.57. The van der Waals surface area contributed by atoms with E-state index in [4.69, 9.17) is 10.5 Å². The number of carbonyl (C=O) groups excluding carboxylic acids is 1. The number of benzene rings is 1. The minimum Gasteiger partial charge on any atom is -0.455 e. The largest absolute Gasteiger partial charge is 0.455 e. The number of carbonyl (C=O) groups is 1. The van der Waals surface area contributed by atoms with Crippen molar-refractivity contribution in [1.82, 2.24) is 0 Å². The lowest BCUT2D eigenvalue weighted by molar-refractivity contribution is -0.141. The third-order valence-electron chi connectivity index (χ3n) is 2.38. The molecule has 3 heteroatoms. The monoisotopic (exact) mass is 215 g/mol. The van der Waals surface area contributed by atoms with Crippen LogP contribution in [0.25, 0.3) is 6.08 Å². The second kappa shape index (κ2) is 4.66. The maximum Gasteiger partial charge on any atom is 0.331 e. The van der Waals surface area contributed by atoms with Crippen molar-refractivity contribution in [2.45, 2.75) is 12.5 Å². The molecule has 1 aliphatic rings. The topological polar surface area (TPSA) is 52.3 Å². The van der Waals surface area contributed by atoms with Gasteiger partial charge in [0.2, 0.25) is 0 Å². The van der Waals surface area contributed by atoms with Gasteiger partial charge in [-0.25, -0.2) is 4.79 Å². The molecular formula is C13H13NO2. The van der Waals surface area contributed by atoms with E-state index in [1.165, 1.54) is 6.08 Å². The van der Waals surface area contributed by atoms with E-state index in [1.54, 1.807) is 0 Å². The average molecular weight is 215 g/mol. The van der Waals surface area contributed by atoms with Crippen molar-refractivity contribution < 1.29 is 9.53 Å². The summed E-state index contributed by atoms with van der Waals surface area (Å²) >= 11 is 0. The summed E-state index contributed by atoms with van der Waals surface area (Å²) in [5.41, 5.74) is 7.45. The van der Waals surface area contributed by atoms with Crippen LogP contribution in [-0.4, -0.2) is 12.1 Å². The molecule has 0 saturated carbocycles. The Hall–Kier alpha value is -2.03. The van der Waals surface area contributed by atoms with Crippen LogP contribution < -0.4 is 5.73 Å². The summed E-state index contributed by atoms with van der Waals surface area (Å²) in [5.74, 6) is -0.290. The molecular weight excluding hydrogens is 202 g/mol. The highest BCUT2D eigenvalue weighted by Crippen LogP contribution is 2.15. The molecule has 0 unspecified atom stereocenters. The van der Waals surface area contributed by atoms with Crippen LogP contribution in [0.4, 0.5) is 5.69 Å². The van der Waals surface area contributed by atoms with Crippen LogP contribution in [0.5, 0.6) is 0 Å². The molecule has 0 radical (unpaired) electrons. The Morgan fingerprint density at radius 3 is 2.94 bits per heavy atom. The molecule has 2 N–H and O–H groups in total. The number of hydrogen-bond donors (Lipinski definition) is 1. The van der Waals surface area contributed by atoms with Gasteiger partial charge >= 0.3 is 5.97 Å². The van der Waals surface area contributed by atoms with Gasteiger partial charge in [-0.1, -0.05) is 30.4 Å². The lowest BCUT2D eigenvalue weighted by Gasteiger charge is -2.14. The number of cyclic esters (lactones) is 1. The number of nitrogens with two attached hydrogens (primary N) is 1. The minimum absolute atomic E-state index is 0.183. The Labute approximate surface area is 94.2 Å². The van der Waals surface area contributed by atoms with Crippen LogP contribution >= 0.6 is 0 Å². The third-order valence-corrected chi connectivity index (χ3v) is 2.38. The van der Waals surface area contributed by atoms with Crippen molar-refractivity contribution in [3.63, 3.8) is 0 Å². The fourth-order valence-electron chi connectivity index (χ4n) is 1.53. The van der Waals surface area contributed by atoms with Crippen molar-refractivity contribution in [2.24, 2.45) is 0 Å². The number of rotatable bonds is 2. The van der Waals surface area contributed by atoms with Gasteiger partial charge in [0.1, 0.15) is 6.10 Å². The summed E-state index contributed by atoms with van der Waals surface area (Å²) < 4.78 is 5.09. The molecule has 0 saturated heterocycles. The lowest BCUT2D eigenvalue weighted by atomic mass is 10.1. The molecule has 3 nitrogen and oxygen atoms in total. The van der Waals surface area contributed by atoms with Gasteiger partial charge in [0, 0.05) is 18.2 Å². The zero-order valence-corrected chi connectivity index (χ0v) is 8.80. The molecule has 0 spiro atoms. The van der Waals surface area contributed by atoms with E-state index in [9.17, 15) is 4.79 Å². The number of ether oxygens (including phenoxy) is 1. The van der Waals surface area contributed by atoms with Gasteiger partial charge in [-0.3, -0.25) is 0 Å². The summed E-state index contributed by atoms with van der Waals surface area (Å²) in [5, 5.41) is 0. The SMILES string of the molecule is Nc1ccccc1/C=C/[C@H]1CC=CC(=O)O1. The van der Waals surface area contributed by atoms with Gasteiger partial charge in [-0.05, 0) is 17.7 Å². The number of anilines is 1. The number of hydrogen-bond acceptors (Lipinski definition) is 3. The normalized spacial score (nSPS) is 20.0. The van der Waals surface area contributed by atoms with Crippen LogP contribution in [-0.2, 0) is 9.53 Å². The Morgan fingerprint density at radius 1 is 1.38 bits per heavy atom. The standard InChI is InChI=1S/C13H13NO2/c14-12-6-2-1-4-10(12)8-9-11-5-3-7-13(15)16-11/h1-4,6-9,11H,5,14H2/b9-8+/t11-/m1/s1. The number of para-hydroxylation sites is 1. The molecule has 1 atom stereocenters. The van der Waals surface area contributed by atoms with Crippen molar-refractivity contribution in [3.05, 3.63) is 48.1 Å². The number of esters is 1. The van der Waals surface area contributed by atoms with Crippen LogP contribution in [0.2, 0.25) is 0 Å². The van der Waals surface area contributed by atoms with Gasteiger partial charge in [0.15, 0.2) is 0 Å². The molecule has 1 aromatic rings. The van der Waals surface area contributed by atoms with Crippen molar-refractivity contribution in [1.29, 1.82) is 0 Å². The van der Waals surface area contributed by atoms with E-state index in [0.29, 0.717) is 0 Å². The summed E-state index contributed by atoms with van der Waals surface area (Å²) in [6.07, 6.45) is 7.53. The van der Waals surface area contributed by atoms with Crippen molar-refractivity contribution >= 4 is 17.7 Å². The first-order valence-corrected chi connectivity index (χ1v) is 5.15. The summed E-state index contributed by atoms with van der Waals surface area (Å²) in [6.45, 7) is 0. The molecule has 1 aliphatic heterocycles. The number of nitrogen functional groups attached to an aromatic ring is 1. The van der Waals surface area contributed by atoms with E-state index in [2.05, 4.69) is 0 Å². The highest BCUT2D eigenvalue weighted by atomic mass is 16.5. The van der Waals surface area contributed by atoms with E-state index in [-0.39, 0.29) is 12.1 Å². The summed E-state index contributed by atoms with van der Waals surface area (Å²) in [7, 11) is 0. The molecule has 0 bridgehead atoms. The van der Waals surface area contributed by atoms with Gasteiger partial charge < -0.3 is 10.5 Å². The highest BCUT2D eigenvalue weighted by Gasteiger charge is 2.12. The fraction of sp³-hybridized carbons (Fsp3) is 0.154. The minimum atomic E-state index is -0.290. The molecule has 0 fully saturated rings. The second-order valence-electron chi connectivity index (χ2n) is 3.60. The van der Waals surface area contributed by atoms with Crippen LogP contribution in [0.15, 0.2) is 42.5 Å². The zero-order chi connectivity index (χ0) is 11.4. The van der Waals surface area contributed by atoms with Crippen LogP contribution in [0.1, 0.15) is 12.0 Å². The molecule has 2 rings (SSSR count). The Bertz CT molecular complexity index is 449. The molecule has 0 amide bonds. The second-order valence-corrected chi connectivity index (χ2v) is 3.60. The smallest absolute Gasteiger partial charge is 0.331 e. The van der Waals surface area contributed by atoms with E-state index in [1.807, 2.05) is 42.5 Å². The molecule has 16 heavy (non-hydrogen) atoms. The van der Waals surface area contributed by atoms with E-state index < -0.39 is 0 Å². The maximum absolute atomic E-state index is 11.0. The van der Waals surface area contributed by atoms with E-state index >= 15 is 0 Å². The summed E-state index contributed by atoms with van der Waals surface area (Å²) in [4.78, 5) is 11.0. The molecule has 0 aliphatic carbocycles. The van der Waals surface area contributed by atoms with Crippen LogP contribution in [0.3, 0.4) is 0 Å². The maximum atomic E-state index is 11.0. The Morgan fingerprint density at radius 2 is 2.19 bits per heavy atom. The van der Waals surface area contributed by atoms with Gasteiger partial charge in [-0.2, -0.15) is 0 Å². The first kappa shape index (κ1) is 10.5. The first-order valence-electron chi connectivity index (χ1n) is 5.15. The van der Waals surface area contributed by atoms with Crippen molar-refractivity contribution in [2.75, 3.05) is 5.73 Å². The van der Waals surface area contributed by atoms with Gasteiger partial charge in [-0.15, -0.1) is 0 Å². The molecule has 1 heterocycles. The Kier molecular flexibility index (Phi) is 3.05.